The second-order valence-corrected chi connectivity index (χ2v) is 5.01. The van der Waals surface area contributed by atoms with E-state index in [2.05, 4.69) is 36.9 Å². The van der Waals surface area contributed by atoms with Crippen molar-refractivity contribution in [3.8, 4) is 0 Å². The van der Waals surface area contributed by atoms with Gasteiger partial charge in [0.2, 0.25) is 0 Å². The highest BCUT2D eigenvalue weighted by Crippen LogP contribution is 2.20. The van der Waals surface area contributed by atoms with Crippen LogP contribution < -0.4 is 5.73 Å². The number of likely N-dealkylation sites (tertiary alicyclic amines) is 1. The summed E-state index contributed by atoms with van der Waals surface area (Å²) in [6, 6.07) is 7.17. The van der Waals surface area contributed by atoms with Gasteiger partial charge in [-0.25, -0.2) is 0 Å². The average Bonchev–Trinajstić information content (AvgIpc) is 2.27. The van der Waals surface area contributed by atoms with Gasteiger partial charge in [-0.2, -0.15) is 0 Å². The maximum absolute atomic E-state index is 5.94. The zero-order valence-corrected chi connectivity index (χ0v) is 10.4. The number of nitrogens with two attached hydrogens (primary N) is 1. The number of rotatable bonds is 2. The summed E-state index contributed by atoms with van der Waals surface area (Å²) >= 11 is 0. The molecule has 0 radical (unpaired) electrons. The summed E-state index contributed by atoms with van der Waals surface area (Å²) in [6.45, 7) is 6.67. The minimum Gasteiger partial charge on any atom is -0.399 e. The van der Waals surface area contributed by atoms with Crippen LogP contribution in [0.5, 0.6) is 0 Å². The van der Waals surface area contributed by atoms with E-state index in [4.69, 9.17) is 5.73 Å². The third-order valence-electron chi connectivity index (χ3n) is 3.67. The predicted octanol–water partition coefficient (Wildman–Crippen LogP) is 2.95. The lowest BCUT2D eigenvalue weighted by Gasteiger charge is -2.33. The fourth-order valence-electron chi connectivity index (χ4n) is 2.42. The van der Waals surface area contributed by atoms with Gasteiger partial charge in [-0.1, -0.05) is 18.6 Å². The van der Waals surface area contributed by atoms with Crippen molar-refractivity contribution in [3.63, 3.8) is 0 Å². The lowest BCUT2D eigenvalue weighted by molar-refractivity contribution is 0.152. The van der Waals surface area contributed by atoms with Crippen LogP contribution in [0.1, 0.15) is 37.3 Å². The number of piperidine rings is 1. The Balaban J connectivity index is 2.05. The highest BCUT2D eigenvalue weighted by atomic mass is 15.2. The van der Waals surface area contributed by atoms with Crippen molar-refractivity contribution < 1.29 is 0 Å². The molecule has 1 aliphatic rings. The summed E-state index contributed by atoms with van der Waals surface area (Å²) in [5, 5.41) is 0. The van der Waals surface area contributed by atoms with Crippen molar-refractivity contribution in [2.75, 3.05) is 12.3 Å². The van der Waals surface area contributed by atoms with Crippen LogP contribution in [0.4, 0.5) is 5.69 Å². The molecule has 1 saturated heterocycles. The summed E-state index contributed by atoms with van der Waals surface area (Å²) in [7, 11) is 0. The van der Waals surface area contributed by atoms with Gasteiger partial charge in [-0.05, 0) is 50.4 Å². The summed E-state index contributed by atoms with van der Waals surface area (Å²) < 4.78 is 0. The fourth-order valence-corrected chi connectivity index (χ4v) is 2.42. The Bertz CT molecular complexity index is 360. The molecule has 1 aromatic carbocycles. The van der Waals surface area contributed by atoms with Crippen LogP contribution in [-0.4, -0.2) is 17.5 Å². The Morgan fingerprint density at radius 1 is 1.38 bits per heavy atom. The third kappa shape index (κ3) is 2.56. The van der Waals surface area contributed by atoms with E-state index >= 15 is 0 Å². The largest absolute Gasteiger partial charge is 0.399 e. The molecule has 0 spiro atoms. The van der Waals surface area contributed by atoms with Crippen LogP contribution in [0.2, 0.25) is 0 Å². The molecule has 0 amide bonds. The SMILES string of the molecule is Cc1ccc(CN2CCCCC2C)cc1N. The highest BCUT2D eigenvalue weighted by Gasteiger charge is 2.17. The van der Waals surface area contributed by atoms with Gasteiger partial charge < -0.3 is 5.73 Å². The molecule has 0 aliphatic carbocycles. The van der Waals surface area contributed by atoms with Gasteiger partial charge in [-0.3, -0.25) is 4.90 Å². The van der Waals surface area contributed by atoms with Gasteiger partial charge in [0.1, 0.15) is 0 Å². The quantitative estimate of drug-likeness (QED) is 0.773. The number of aryl methyl sites for hydroxylation is 1. The summed E-state index contributed by atoms with van der Waals surface area (Å²) in [5.74, 6) is 0. The number of nitrogen functional groups attached to an aromatic ring is 1. The molecule has 2 rings (SSSR count). The van der Waals surface area contributed by atoms with Crippen molar-refractivity contribution in [1.82, 2.24) is 4.90 Å². The van der Waals surface area contributed by atoms with E-state index in [9.17, 15) is 0 Å². The Morgan fingerprint density at radius 2 is 2.19 bits per heavy atom. The van der Waals surface area contributed by atoms with E-state index in [0.717, 1.165) is 18.3 Å². The van der Waals surface area contributed by atoms with Crippen molar-refractivity contribution in [2.24, 2.45) is 0 Å². The third-order valence-corrected chi connectivity index (χ3v) is 3.67. The smallest absolute Gasteiger partial charge is 0.0346 e. The molecule has 2 nitrogen and oxygen atoms in total. The minimum atomic E-state index is 0.719. The first-order valence-corrected chi connectivity index (χ1v) is 6.26. The molecule has 1 heterocycles. The first-order chi connectivity index (χ1) is 7.66. The molecule has 88 valence electrons. The van der Waals surface area contributed by atoms with Crippen molar-refractivity contribution in [3.05, 3.63) is 29.3 Å². The van der Waals surface area contributed by atoms with Crippen LogP contribution >= 0.6 is 0 Å². The molecule has 2 N–H and O–H groups in total. The van der Waals surface area contributed by atoms with Crippen LogP contribution in [-0.2, 0) is 6.54 Å². The second kappa shape index (κ2) is 4.88. The number of hydrogen-bond acceptors (Lipinski definition) is 2. The van der Waals surface area contributed by atoms with E-state index < -0.39 is 0 Å². The van der Waals surface area contributed by atoms with Crippen LogP contribution in [0.25, 0.3) is 0 Å². The van der Waals surface area contributed by atoms with Gasteiger partial charge in [0.05, 0.1) is 0 Å². The highest BCUT2D eigenvalue weighted by molar-refractivity contribution is 5.48. The molecule has 2 heteroatoms. The Kier molecular flexibility index (Phi) is 3.49. The molecular formula is C14H22N2. The van der Waals surface area contributed by atoms with Gasteiger partial charge >= 0.3 is 0 Å². The van der Waals surface area contributed by atoms with E-state index in [1.54, 1.807) is 0 Å². The van der Waals surface area contributed by atoms with Crippen LogP contribution in [0.3, 0.4) is 0 Å². The molecule has 0 aromatic heterocycles. The van der Waals surface area contributed by atoms with E-state index in [0.29, 0.717) is 0 Å². The van der Waals surface area contributed by atoms with Gasteiger partial charge in [0.25, 0.3) is 0 Å². The Labute approximate surface area is 98.4 Å². The maximum Gasteiger partial charge on any atom is 0.0346 e. The zero-order valence-electron chi connectivity index (χ0n) is 10.4. The second-order valence-electron chi connectivity index (χ2n) is 5.01. The first-order valence-electron chi connectivity index (χ1n) is 6.26. The fraction of sp³-hybridized carbons (Fsp3) is 0.571. The molecule has 1 aliphatic heterocycles. The number of benzene rings is 1. The topological polar surface area (TPSA) is 29.3 Å². The Morgan fingerprint density at radius 3 is 2.88 bits per heavy atom. The standard InChI is InChI=1S/C14H22N2/c1-11-6-7-13(9-14(11)15)10-16-8-4-3-5-12(16)2/h6-7,9,12H,3-5,8,10,15H2,1-2H3. The zero-order chi connectivity index (χ0) is 11.5. The Hall–Kier alpha value is -1.02. The number of anilines is 1. The van der Waals surface area contributed by atoms with E-state index in [1.807, 2.05) is 0 Å². The lowest BCUT2D eigenvalue weighted by atomic mass is 10.0. The molecular weight excluding hydrogens is 196 g/mol. The van der Waals surface area contributed by atoms with E-state index in [1.165, 1.54) is 36.9 Å². The lowest BCUT2D eigenvalue weighted by Crippen LogP contribution is -2.36. The maximum atomic E-state index is 5.94. The van der Waals surface area contributed by atoms with Crippen molar-refractivity contribution in [1.29, 1.82) is 0 Å². The summed E-state index contributed by atoms with van der Waals surface area (Å²) in [6.07, 6.45) is 4.06. The number of nitrogens with zero attached hydrogens (tertiary/aromatic N) is 1. The number of hydrogen-bond donors (Lipinski definition) is 1. The van der Waals surface area contributed by atoms with Crippen molar-refractivity contribution >= 4 is 5.69 Å². The average molecular weight is 218 g/mol. The first kappa shape index (κ1) is 11.5. The van der Waals surface area contributed by atoms with E-state index in [-0.39, 0.29) is 0 Å². The summed E-state index contributed by atoms with van der Waals surface area (Å²) in [4.78, 5) is 2.56. The molecule has 0 bridgehead atoms. The normalized spacial score (nSPS) is 22.2. The molecule has 16 heavy (non-hydrogen) atoms. The van der Waals surface area contributed by atoms with Gasteiger partial charge in [-0.15, -0.1) is 0 Å². The predicted molar refractivity (Wildman–Crippen MR) is 69.3 cm³/mol. The molecule has 0 saturated carbocycles. The molecule has 1 unspecified atom stereocenters. The molecule has 1 atom stereocenters. The monoisotopic (exact) mass is 218 g/mol. The van der Waals surface area contributed by atoms with Crippen molar-refractivity contribution in [2.45, 2.75) is 45.7 Å². The van der Waals surface area contributed by atoms with Crippen LogP contribution in [0.15, 0.2) is 18.2 Å². The molecule has 1 fully saturated rings. The summed E-state index contributed by atoms with van der Waals surface area (Å²) in [5.41, 5.74) is 9.38. The van der Waals surface area contributed by atoms with Gasteiger partial charge in [0, 0.05) is 18.3 Å². The van der Waals surface area contributed by atoms with Gasteiger partial charge in [0.15, 0.2) is 0 Å². The molecule has 1 aromatic rings. The minimum absolute atomic E-state index is 0.719. The van der Waals surface area contributed by atoms with Crippen LogP contribution in [0, 0.1) is 6.92 Å².